The molecule has 1 fully saturated rings. The maximum atomic E-state index is 6.03. The first-order valence-electron chi connectivity index (χ1n) is 6.03. The van der Waals surface area contributed by atoms with Crippen molar-refractivity contribution in [2.24, 2.45) is 0 Å². The lowest BCUT2D eigenvalue weighted by molar-refractivity contribution is 0.211. The second-order valence-corrected chi connectivity index (χ2v) is 5.60. The highest BCUT2D eigenvalue weighted by Gasteiger charge is 2.16. The highest BCUT2D eigenvalue weighted by atomic mass is 32.2. The van der Waals surface area contributed by atoms with E-state index in [2.05, 4.69) is 23.5 Å². The molecule has 1 aromatic rings. The summed E-state index contributed by atoms with van der Waals surface area (Å²) in [5, 5.41) is 3.37. The molecule has 0 radical (unpaired) electrons. The zero-order valence-electron chi connectivity index (χ0n) is 9.37. The van der Waals surface area contributed by atoms with Gasteiger partial charge in [0, 0.05) is 18.0 Å². The molecule has 2 aliphatic rings. The van der Waals surface area contributed by atoms with Gasteiger partial charge in [0.1, 0.15) is 11.9 Å². The van der Waals surface area contributed by atoms with Crippen LogP contribution in [0.15, 0.2) is 18.2 Å². The van der Waals surface area contributed by atoms with Gasteiger partial charge in [-0.25, -0.2) is 0 Å². The summed E-state index contributed by atoms with van der Waals surface area (Å²) in [5.41, 5.74) is 2.69. The Morgan fingerprint density at radius 3 is 3.25 bits per heavy atom. The van der Waals surface area contributed by atoms with Gasteiger partial charge < -0.3 is 10.1 Å². The van der Waals surface area contributed by atoms with Crippen LogP contribution in [0.1, 0.15) is 18.4 Å². The number of fused-ring (bicyclic) bond motifs is 1. The lowest BCUT2D eigenvalue weighted by Crippen LogP contribution is -2.23. The molecule has 3 rings (SSSR count). The van der Waals surface area contributed by atoms with Gasteiger partial charge in [-0.1, -0.05) is 0 Å². The maximum absolute atomic E-state index is 6.03. The van der Waals surface area contributed by atoms with Crippen molar-refractivity contribution < 1.29 is 4.74 Å². The van der Waals surface area contributed by atoms with Crippen LogP contribution in [-0.4, -0.2) is 24.2 Å². The number of ether oxygens (including phenoxy) is 1. The molecular formula is C13H17NOS. The highest BCUT2D eigenvalue weighted by molar-refractivity contribution is 7.99. The fourth-order valence-corrected chi connectivity index (χ4v) is 3.39. The number of nitrogens with one attached hydrogen (secondary N) is 1. The molecule has 1 N–H and O–H groups in total. The summed E-state index contributed by atoms with van der Waals surface area (Å²) < 4.78 is 6.03. The molecule has 86 valence electrons. The summed E-state index contributed by atoms with van der Waals surface area (Å²) >= 11 is 2.01. The number of rotatable bonds is 2. The first-order chi connectivity index (χ1) is 7.92. The van der Waals surface area contributed by atoms with Gasteiger partial charge in [-0.3, -0.25) is 0 Å². The first-order valence-corrected chi connectivity index (χ1v) is 7.18. The van der Waals surface area contributed by atoms with Crippen LogP contribution < -0.4 is 10.1 Å². The molecule has 0 spiro atoms. The van der Waals surface area contributed by atoms with Crippen LogP contribution in [0, 0.1) is 0 Å². The third kappa shape index (κ3) is 2.14. The molecule has 0 amide bonds. The second-order valence-electron chi connectivity index (χ2n) is 4.45. The quantitative estimate of drug-likeness (QED) is 0.851. The van der Waals surface area contributed by atoms with E-state index in [9.17, 15) is 0 Å². The van der Waals surface area contributed by atoms with Crippen molar-refractivity contribution in [2.75, 3.05) is 23.4 Å². The van der Waals surface area contributed by atoms with Crippen molar-refractivity contribution in [3.8, 4) is 5.75 Å². The van der Waals surface area contributed by atoms with Crippen molar-refractivity contribution in [3.05, 3.63) is 23.8 Å². The summed E-state index contributed by atoms with van der Waals surface area (Å²) in [7, 11) is 0. The van der Waals surface area contributed by atoms with Gasteiger partial charge >= 0.3 is 0 Å². The highest BCUT2D eigenvalue weighted by Crippen LogP contribution is 2.28. The molecule has 16 heavy (non-hydrogen) atoms. The van der Waals surface area contributed by atoms with E-state index in [-0.39, 0.29) is 0 Å². The standard InChI is InChI=1S/C13H17NOS/c1-2-12(9-16-7-1)15-11-3-4-13-10(8-11)5-6-14-13/h3-4,8,12,14H,1-2,5-7,9H2. The Labute approximate surface area is 101 Å². The third-order valence-corrected chi connectivity index (χ3v) is 4.39. The molecule has 1 saturated heterocycles. The Morgan fingerprint density at radius 1 is 1.38 bits per heavy atom. The van der Waals surface area contributed by atoms with Gasteiger partial charge in [-0.2, -0.15) is 11.8 Å². The van der Waals surface area contributed by atoms with E-state index in [1.807, 2.05) is 11.8 Å². The molecule has 1 unspecified atom stereocenters. The first kappa shape index (κ1) is 10.3. The van der Waals surface area contributed by atoms with Crippen LogP contribution in [0.25, 0.3) is 0 Å². The topological polar surface area (TPSA) is 21.3 Å². The molecule has 0 bridgehead atoms. The number of anilines is 1. The van der Waals surface area contributed by atoms with Gasteiger partial charge in [0.15, 0.2) is 0 Å². The van der Waals surface area contributed by atoms with E-state index in [0.717, 1.165) is 24.5 Å². The zero-order chi connectivity index (χ0) is 10.8. The summed E-state index contributed by atoms with van der Waals surface area (Å²) in [6.07, 6.45) is 4.06. The smallest absolute Gasteiger partial charge is 0.120 e. The van der Waals surface area contributed by atoms with Crippen LogP contribution >= 0.6 is 11.8 Å². The van der Waals surface area contributed by atoms with Crippen molar-refractivity contribution in [1.29, 1.82) is 0 Å². The van der Waals surface area contributed by atoms with Crippen LogP contribution in [0.3, 0.4) is 0 Å². The minimum absolute atomic E-state index is 0.422. The Kier molecular flexibility index (Phi) is 2.96. The van der Waals surface area contributed by atoms with Gasteiger partial charge in [0.05, 0.1) is 0 Å². The van der Waals surface area contributed by atoms with Gasteiger partial charge in [-0.15, -0.1) is 0 Å². The van der Waals surface area contributed by atoms with E-state index >= 15 is 0 Å². The maximum Gasteiger partial charge on any atom is 0.120 e. The van der Waals surface area contributed by atoms with Crippen LogP contribution in [0.5, 0.6) is 5.75 Å². The SMILES string of the molecule is c1cc2c(cc1OC1CCCSC1)CCN2. The molecule has 0 saturated carbocycles. The lowest BCUT2D eigenvalue weighted by Gasteiger charge is -2.22. The number of benzene rings is 1. The predicted octanol–water partition coefficient (Wildman–Crippen LogP) is 2.93. The Balaban J connectivity index is 1.69. The van der Waals surface area contributed by atoms with Crippen molar-refractivity contribution in [2.45, 2.75) is 25.4 Å². The van der Waals surface area contributed by atoms with Crippen LogP contribution in [0.2, 0.25) is 0 Å². The minimum atomic E-state index is 0.422. The van der Waals surface area contributed by atoms with Gasteiger partial charge in [0.25, 0.3) is 0 Å². The number of hydrogen-bond donors (Lipinski definition) is 1. The molecule has 2 aliphatic heterocycles. The fourth-order valence-electron chi connectivity index (χ4n) is 2.35. The summed E-state index contributed by atoms with van der Waals surface area (Å²) in [6, 6.07) is 6.44. The Hall–Kier alpha value is -0.830. The Morgan fingerprint density at radius 2 is 2.38 bits per heavy atom. The third-order valence-electron chi connectivity index (χ3n) is 3.21. The lowest BCUT2D eigenvalue weighted by atomic mass is 10.1. The zero-order valence-corrected chi connectivity index (χ0v) is 10.2. The predicted molar refractivity (Wildman–Crippen MR) is 69.6 cm³/mol. The fraction of sp³-hybridized carbons (Fsp3) is 0.538. The summed E-state index contributed by atoms with van der Waals surface area (Å²) in [5.74, 6) is 3.50. The van der Waals surface area contributed by atoms with E-state index in [1.165, 1.54) is 29.8 Å². The second kappa shape index (κ2) is 4.58. The minimum Gasteiger partial charge on any atom is -0.490 e. The summed E-state index contributed by atoms with van der Waals surface area (Å²) in [4.78, 5) is 0. The van der Waals surface area contributed by atoms with Crippen LogP contribution in [-0.2, 0) is 6.42 Å². The largest absolute Gasteiger partial charge is 0.490 e. The molecule has 1 atom stereocenters. The van der Waals surface area contributed by atoms with Crippen LogP contribution in [0.4, 0.5) is 5.69 Å². The monoisotopic (exact) mass is 235 g/mol. The van der Waals surface area contributed by atoms with Gasteiger partial charge in [-0.05, 0) is 48.8 Å². The molecule has 1 aromatic carbocycles. The molecule has 2 nitrogen and oxygen atoms in total. The molecular weight excluding hydrogens is 218 g/mol. The summed E-state index contributed by atoms with van der Waals surface area (Å²) in [6.45, 7) is 1.07. The van der Waals surface area contributed by atoms with E-state index in [1.54, 1.807) is 0 Å². The van der Waals surface area contributed by atoms with Gasteiger partial charge in [0.2, 0.25) is 0 Å². The van der Waals surface area contributed by atoms with E-state index < -0.39 is 0 Å². The van der Waals surface area contributed by atoms with E-state index in [4.69, 9.17) is 4.74 Å². The molecule has 3 heteroatoms. The average molecular weight is 235 g/mol. The van der Waals surface area contributed by atoms with Crippen molar-refractivity contribution in [1.82, 2.24) is 0 Å². The normalized spacial score (nSPS) is 23.6. The Bertz CT molecular complexity index is 374. The van der Waals surface area contributed by atoms with Crippen molar-refractivity contribution in [3.63, 3.8) is 0 Å². The molecule has 2 heterocycles. The number of hydrogen-bond acceptors (Lipinski definition) is 3. The van der Waals surface area contributed by atoms with Crippen molar-refractivity contribution >= 4 is 17.4 Å². The molecule has 0 aromatic heterocycles. The van der Waals surface area contributed by atoms with E-state index in [0.29, 0.717) is 6.10 Å². The molecule has 0 aliphatic carbocycles. The average Bonchev–Trinajstić information content (AvgIpc) is 2.77. The number of thioether (sulfide) groups is 1.